The summed E-state index contributed by atoms with van der Waals surface area (Å²) in [7, 11) is -4.78. The Hall–Kier alpha value is -2.03. The van der Waals surface area contributed by atoms with Crippen molar-refractivity contribution in [3.63, 3.8) is 0 Å². The highest BCUT2D eigenvalue weighted by Gasteiger charge is 2.22. The van der Waals surface area contributed by atoms with Crippen LogP contribution in [0.5, 0.6) is 0 Å². The topological polar surface area (TPSA) is 140 Å². The molecule has 0 aliphatic heterocycles. The first-order chi connectivity index (χ1) is 24.5. The lowest BCUT2D eigenvalue weighted by Gasteiger charge is -2.18. The van der Waals surface area contributed by atoms with Crippen LogP contribution in [-0.2, 0) is 28.2 Å². The maximum atomic E-state index is 12.4. The van der Waals surface area contributed by atoms with Crippen molar-refractivity contribution in [3.05, 3.63) is 48.6 Å². The molecule has 0 saturated heterocycles. The Morgan fingerprint density at radius 2 is 1.25 bits per heavy atom. The molecule has 0 aliphatic rings. The molecule has 0 aromatic carbocycles. The van der Waals surface area contributed by atoms with Crippen molar-refractivity contribution < 1.29 is 43.0 Å². The zero-order valence-corrected chi connectivity index (χ0v) is 33.2. The lowest BCUT2D eigenvalue weighted by molar-refractivity contribution is -0.161. The number of hydrogen-bond acceptors (Lipinski definition) is 7. The fourth-order valence-electron chi connectivity index (χ4n) is 5.34. The van der Waals surface area contributed by atoms with Crippen molar-refractivity contribution >= 4 is 19.8 Å². The zero-order valence-electron chi connectivity index (χ0n) is 32.3. The van der Waals surface area contributed by atoms with Gasteiger partial charge in [-0.15, -0.1) is 0 Å². The van der Waals surface area contributed by atoms with Crippen molar-refractivity contribution in [1.82, 2.24) is 0 Å². The van der Waals surface area contributed by atoms with Gasteiger partial charge in [0.15, 0.2) is 6.10 Å². The summed E-state index contributed by atoms with van der Waals surface area (Å²) in [6, 6.07) is 0. The van der Waals surface area contributed by atoms with Crippen molar-refractivity contribution in [2.24, 2.45) is 5.92 Å². The Balaban J connectivity index is 4.11. The minimum Gasteiger partial charge on any atom is -0.462 e. The van der Waals surface area contributed by atoms with Crippen LogP contribution >= 0.6 is 7.82 Å². The highest BCUT2D eigenvalue weighted by atomic mass is 31.2. The maximum absolute atomic E-state index is 12.4. The highest BCUT2D eigenvalue weighted by molar-refractivity contribution is 7.46. The third-order valence-corrected chi connectivity index (χ3v) is 8.84. The van der Waals surface area contributed by atoms with Gasteiger partial charge in [0.2, 0.25) is 0 Å². The number of carbonyl (C=O) groups excluding carboxylic acids is 2. The molecule has 51 heavy (non-hydrogen) atoms. The summed E-state index contributed by atoms with van der Waals surface area (Å²) in [5.74, 6) is -0.181. The lowest BCUT2D eigenvalue weighted by atomic mass is 10.0. The Morgan fingerprint density at radius 3 is 1.88 bits per heavy atom. The van der Waals surface area contributed by atoms with Gasteiger partial charge in [0, 0.05) is 12.8 Å². The smallest absolute Gasteiger partial charge is 0.462 e. The quantitative estimate of drug-likeness (QED) is 0.0190. The second kappa shape index (κ2) is 35.0. The van der Waals surface area contributed by atoms with E-state index in [0.717, 1.165) is 38.0 Å². The van der Waals surface area contributed by atoms with Crippen LogP contribution < -0.4 is 0 Å². The van der Waals surface area contributed by atoms with E-state index < -0.39 is 38.6 Å². The van der Waals surface area contributed by atoms with Crippen LogP contribution in [0.15, 0.2) is 48.6 Å². The van der Waals surface area contributed by atoms with Crippen LogP contribution in [0.3, 0.4) is 0 Å². The van der Waals surface area contributed by atoms with Gasteiger partial charge in [-0.05, 0) is 50.9 Å². The molecule has 0 aromatic rings. The molecule has 0 fully saturated rings. The first-order valence-electron chi connectivity index (χ1n) is 19.9. The van der Waals surface area contributed by atoms with E-state index in [-0.39, 0.29) is 19.4 Å². The molecular weight excluding hydrogens is 667 g/mol. The van der Waals surface area contributed by atoms with Gasteiger partial charge in [0.05, 0.1) is 12.7 Å². The van der Waals surface area contributed by atoms with E-state index in [9.17, 15) is 19.3 Å². The number of aliphatic hydroxyl groups excluding tert-OH is 1. The molecule has 0 rings (SSSR count). The minimum absolute atomic E-state index is 0.159. The molecule has 0 saturated carbocycles. The predicted molar refractivity (Wildman–Crippen MR) is 208 cm³/mol. The van der Waals surface area contributed by atoms with Gasteiger partial charge in [-0.25, -0.2) is 4.57 Å². The number of unbranched alkanes of at least 4 members (excludes halogenated alkanes) is 15. The summed E-state index contributed by atoms with van der Waals surface area (Å²) in [5, 5.41) is 9.98. The highest BCUT2D eigenvalue weighted by Crippen LogP contribution is 2.36. The summed E-state index contributed by atoms with van der Waals surface area (Å²) < 4.78 is 26.3. The lowest BCUT2D eigenvalue weighted by Crippen LogP contribution is -2.29. The molecular formula is C41H73O9P. The average molecular weight is 741 g/mol. The SMILES string of the molecule is CCCCC/C=C\C[C@@H](O)/C=C/C=C\C/C=C\CCCC(=O)OC[C@H](COP(=O)(O)O)OC(=O)CCCCCCCCCCCCCCC(C)C. The Labute approximate surface area is 310 Å². The number of hydrogen-bond donors (Lipinski definition) is 3. The van der Waals surface area contributed by atoms with Crippen LogP contribution in [0, 0.1) is 5.92 Å². The van der Waals surface area contributed by atoms with Crippen LogP contribution in [-0.4, -0.2) is 52.3 Å². The number of phosphoric ester groups is 1. The molecule has 0 spiro atoms. The molecule has 0 aromatic heterocycles. The standard InChI is InChI=1S/C41H73O9P/c1-4-5-6-7-21-26-31-38(42)32-27-22-17-14-15-18-23-28-33-40(43)48-35-39(36-49-51(45,46)47)50-41(44)34-29-24-19-13-11-9-8-10-12-16-20-25-30-37(2)3/h15,17-18,21-22,26-27,32,37-39,42H,4-14,16,19-20,23-25,28-31,33-36H2,1-3H3,(H2,45,46,47)/b18-15-,22-17-,26-21-,32-27+/t38-,39-/m1/s1. The molecule has 0 heterocycles. The van der Waals surface area contributed by atoms with Crippen LogP contribution in [0.1, 0.15) is 168 Å². The third-order valence-electron chi connectivity index (χ3n) is 8.36. The van der Waals surface area contributed by atoms with Crippen molar-refractivity contribution in [2.75, 3.05) is 13.2 Å². The van der Waals surface area contributed by atoms with E-state index in [0.29, 0.717) is 25.7 Å². The summed E-state index contributed by atoms with van der Waals surface area (Å²) in [4.78, 5) is 42.7. The molecule has 3 N–H and O–H groups in total. The van der Waals surface area contributed by atoms with Gasteiger partial charge in [-0.2, -0.15) is 0 Å². The number of carbonyl (C=O) groups is 2. The van der Waals surface area contributed by atoms with Crippen LogP contribution in [0.25, 0.3) is 0 Å². The summed E-state index contributed by atoms with van der Waals surface area (Å²) in [6.07, 6.45) is 37.3. The normalized spacial score (nSPS) is 13.7. The fraction of sp³-hybridized carbons (Fsp3) is 0.756. The zero-order chi connectivity index (χ0) is 37.8. The van der Waals surface area contributed by atoms with E-state index in [1.165, 1.54) is 77.0 Å². The van der Waals surface area contributed by atoms with Gasteiger partial charge in [-0.3, -0.25) is 14.1 Å². The van der Waals surface area contributed by atoms with E-state index in [2.05, 4.69) is 31.4 Å². The van der Waals surface area contributed by atoms with E-state index in [1.807, 2.05) is 36.5 Å². The summed E-state index contributed by atoms with van der Waals surface area (Å²) >= 11 is 0. The Kier molecular flexibility index (Phi) is 33.6. The van der Waals surface area contributed by atoms with Crippen molar-refractivity contribution in [3.8, 4) is 0 Å². The molecule has 0 bridgehead atoms. The van der Waals surface area contributed by atoms with Gasteiger partial charge < -0.3 is 24.4 Å². The molecule has 9 nitrogen and oxygen atoms in total. The maximum Gasteiger partial charge on any atom is 0.469 e. The van der Waals surface area contributed by atoms with Crippen LogP contribution in [0.2, 0.25) is 0 Å². The second-order valence-electron chi connectivity index (χ2n) is 13.9. The third kappa shape index (κ3) is 39.0. The number of esters is 2. The first kappa shape index (κ1) is 49.0. The van der Waals surface area contributed by atoms with Gasteiger partial charge >= 0.3 is 19.8 Å². The van der Waals surface area contributed by atoms with Crippen molar-refractivity contribution in [2.45, 2.75) is 181 Å². The van der Waals surface area contributed by atoms with Gasteiger partial charge in [-0.1, -0.05) is 159 Å². The summed E-state index contributed by atoms with van der Waals surface area (Å²) in [6.45, 7) is 5.85. The predicted octanol–water partition coefficient (Wildman–Crippen LogP) is 10.8. The molecule has 0 radical (unpaired) electrons. The fourth-order valence-corrected chi connectivity index (χ4v) is 5.70. The number of rotatable bonds is 35. The molecule has 10 heteroatoms. The van der Waals surface area contributed by atoms with E-state index in [1.54, 1.807) is 6.08 Å². The first-order valence-corrected chi connectivity index (χ1v) is 21.4. The summed E-state index contributed by atoms with van der Waals surface area (Å²) in [5.41, 5.74) is 0. The molecule has 0 aliphatic carbocycles. The van der Waals surface area contributed by atoms with Crippen LogP contribution in [0.4, 0.5) is 0 Å². The molecule has 2 atom stereocenters. The monoisotopic (exact) mass is 740 g/mol. The van der Waals surface area contributed by atoms with Gasteiger partial charge in [0.1, 0.15) is 6.61 Å². The second-order valence-corrected chi connectivity index (χ2v) is 15.2. The minimum atomic E-state index is -4.78. The van der Waals surface area contributed by atoms with Gasteiger partial charge in [0.25, 0.3) is 0 Å². The molecule has 0 unspecified atom stereocenters. The largest absolute Gasteiger partial charge is 0.469 e. The average Bonchev–Trinajstić information content (AvgIpc) is 3.07. The van der Waals surface area contributed by atoms with E-state index >= 15 is 0 Å². The van der Waals surface area contributed by atoms with E-state index in [4.69, 9.17) is 19.3 Å². The number of allylic oxidation sites excluding steroid dienone is 6. The Bertz CT molecular complexity index is 999. The van der Waals surface area contributed by atoms with Crippen molar-refractivity contribution in [1.29, 1.82) is 0 Å². The number of aliphatic hydroxyl groups is 1. The Morgan fingerprint density at radius 1 is 0.667 bits per heavy atom. The molecule has 296 valence electrons. The number of ether oxygens (including phenoxy) is 2. The molecule has 0 amide bonds. The number of phosphoric acid groups is 1.